The van der Waals surface area contributed by atoms with Crippen molar-refractivity contribution in [3.63, 3.8) is 0 Å². The largest absolute Gasteiger partial charge is 0.378 e. The molecule has 0 aliphatic heterocycles. The van der Waals surface area contributed by atoms with Gasteiger partial charge in [0.05, 0.1) is 18.3 Å². The normalized spacial score (nSPS) is 12.5. The maximum absolute atomic E-state index is 6.11. The Morgan fingerprint density at radius 1 is 1.35 bits per heavy atom. The molecule has 1 atom stereocenters. The lowest BCUT2D eigenvalue weighted by molar-refractivity contribution is 0.181. The van der Waals surface area contributed by atoms with Crippen LogP contribution in [0.15, 0.2) is 36.7 Å². The number of nitrogens with zero attached hydrogens (tertiary/aromatic N) is 4. The summed E-state index contributed by atoms with van der Waals surface area (Å²) in [6.45, 7) is 2.54. The average Bonchev–Trinajstić information content (AvgIpc) is 3.01. The minimum absolute atomic E-state index is 0.110. The summed E-state index contributed by atoms with van der Waals surface area (Å²) in [7, 11) is 1.64. The fourth-order valence-corrected chi connectivity index (χ4v) is 2.71. The first kappa shape index (κ1) is 15.7. The highest BCUT2D eigenvalue weighted by atomic mass is 35.5. The number of nitrogens with one attached hydrogen (secondary N) is 1. The zero-order valence-corrected chi connectivity index (χ0v) is 13.8. The van der Waals surface area contributed by atoms with E-state index in [0.717, 1.165) is 28.5 Å². The Labute approximate surface area is 139 Å². The van der Waals surface area contributed by atoms with Gasteiger partial charge >= 0.3 is 0 Å². The van der Waals surface area contributed by atoms with Crippen LogP contribution in [0.5, 0.6) is 0 Å². The molecule has 2 heterocycles. The van der Waals surface area contributed by atoms with Gasteiger partial charge < -0.3 is 10.1 Å². The van der Waals surface area contributed by atoms with Gasteiger partial charge in [-0.15, -0.1) is 0 Å². The van der Waals surface area contributed by atoms with Gasteiger partial charge in [0.25, 0.3) is 5.78 Å². The van der Waals surface area contributed by atoms with Crippen molar-refractivity contribution in [1.82, 2.24) is 19.6 Å². The highest BCUT2D eigenvalue weighted by Crippen LogP contribution is 2.25. The molecule has 0 aliphatic rings. The predicted octanol–water partition coefficient (Wildman–Crippen LogP) is 3.49. The van der Waals surface area contributed by atoms with Crippen molar-refractivity contribution in [3.8, 4) is 0 Å². The lowest BCUT2D eigenvalue weighted by Crippen LogP contribution is -2.14. The molecule has 1 N–H and O–H groups in total. The Morgan fingerprint density at radius 2 is 2.22 bits per heavy atom. The summed E-state index contributed by atoms with van der Waals surface area (Å²) in [6, 6.07) is 9.89. The summed E-state index contributed by atoms with van der Waals surface area (Å²) in [5.74, 6) is 1.37. The van der Waals surface area contributed by atoms with Gasteiger partial charge in [-0.1, -0.05) is 30.7 Å². The number of aromatic nitrogens is 4. The molecule has 0 spiro atoms. The molecule has 0 fully saturated rings. The van der Waals surface area contributed by atoms with E-state index < -0.39 is 0 Å². The number of rotatable bonds is 6. The molecule has 0 amide bonds. The fraction of sp³-hybridized carbons (Fsp3) is 0.312. The molecule has 0 aliphatic carbocycles. The van der Waals surface area contributed by atoms with E-state index in [4.69, 9.17) is 16.3 Å². The smallest absolute Gasteiger partial charge is 0.254 e. The third-order valence-electron chi connectivity index (χ3n) is 3.58. The third-order valence-corrected chi connectivity index (χ3v) is 3.81. The molecule has 3 aromatic rings. The van der Waals surface area contributed by atoms with Crippen LogP contribution in [0.25, 0.3) is 5.78 Å². The van der Waals surface area contributed by atoms with E-state index in [2.05, 4.69) is 33.4 Å². The second-order valence-corrected chi connectivity index (χ2v) is 5.63. The number of halogens is 1. The maximum atomic E-state index is 6.11. The third kappa shape index (κ3) is 3.43. The standard InChI is InChI=1S/C16H18ClN5O/c1-3-14(11-5-4-6-12(17)7-11)21-15-8-13(9-23-2)20-16-18-10-19-22(15)16/h4-8,10,14,21H,3,9H2,1-2H3/t14-/m0/s1. The van der Waals surface area contributed by atoms with Crippen molar-refractivity contribution in [1.29, 1.82) is 0 Å². The number of anilines is 1. The van der Waals surface area contributed by atoms with Crippen LogP contribution in [-0.4, -0.2) is 26.7 Å². The average molecular weight is 332 g/mol. The monoisotopic (exact) mass is 331 g/mol. The van der Waals surface area contributed by atoms with Gasteiger partial charge in [-0.25, -0.2) is 4.98 Å². The summed E-state index contributed by atoms with van der Waals surface area (Å²) in [6.07, 6.45) is 2.39. The number of ether oxygens (including phenoxy) is 1. The van der Waals surface area contributed by atoms with Gasteiger partial charge in [-0.05, 0) is 24.1 Å². The first-order valence-corrected chi connectivity index (χ1v) is 7.79. The van der Waals surface area contributed by atoms with E-state index in [1.54, 1.807) is 11.6 Å². The highest BCUT2D eigenvalue weighted by Gasteiger charge is 2.14. The molecule has 0 saturated carbocycles. The molecule has 120 valence electrons. The molecule has 6 nitrogen and oxygen atoms in total. The Bertz CT molecular complexity index is 804. The Hall–Kier alpha value is -2.18. The van der Waals surface area contributed by atoms with Crippen LogP contribution in [0, 0.1) is 0 Å². The van der Waals surface area contributed by atoms with E-state index in [-0.39, 0.29) is 6.04 Å². The minimum atomic E-state index is 0.110. The zero-order valence-electron chi connectivity index (χ0n) is 13.0. The molecule has 0 unspecified atom stereocenters. The molecule has 7 heteroatoms. The quantitative estimate of drug-likeness (QED) is 0.749. The highest BCUT2D eigenvalue weighted by molar-refractivity contribution is 6.30. The van der Waals surface area contributed by atoms with Gasteiger partial charge in [0, 0.05) is 18.2 Å². The Kier molecular flexibility index (Phi) is 4.73. The molecular weight excluding hydrogens is 314 g/mol. The number of hydrogen-bond donors (Lipinski definition) is 1. The van der Waals surface area contributed by atoms with Crippen molar-refractivity contribution >= 4 is 23.2 Å². The van der Waals surface area contributed by atoms with Gasteiger partial charge in [0.15, 0.2) is 0 Å². The van der Waals surface area contributed by atoms with E-state index in [1.165, 1.54) is 6.33 Å². The van der Waals surface area contributed by atoms with Crippen LogP contribution in [0.3, 0.4) is 0 Å². The first-order valence-electron chi connectivity index (χ1n) is 7.42. The van der Waals surface area contributed by atoms with Gasteiger partial charge in [0.1, 0.15) is 12.1 Å². The lowest BCUT2D eigenvalue weighted by atomic mass is 10.0. The fourth-order valence-electron chi connectivity index (χ4n) is 2.51. The van der Waals surface area contributed by atoms with Gasteiger partial charge in [-0.3, -0.25) is 0 Å². The number of fused-ring (bicyclic) bond motifs is 1. The van der Waals surface area contributed by atoms with E-state index in [0.29, 0.717) is 12.4 Å². The number of hydrogen-bond acceptors (Lipinski definition) is 5. The summed E-state index contributed by atoms with van der Waals surface area (Å²) in [5, 5.41) is 8.46. The summed E-state index contributed by atoms with van der Waals surface area (Å²) < 4.78 is 6.86. The van der Waals surface area contributed by atoms with Crippen molar-refractivity contribution in [2.24, 2.45) is 0 Å². The molecule has 3 rings (SSSR count). The van der Waals surface area contributed by atoms with Crippen LogP contribution < -0.4 is 5.32 Å². The van der Waals surface area contributed by atoms with Crippen LogP contribution in [0.1, 0.15) is 30.6 Å². The zero-order chi connectivity index (χ0) is 16.2. The predicted molar refractivity (Wildman–Crippen MR) is 89.6 cm³/mol. The van der Waals surface area contributed by atoms with E-state index in [9.17, 15) is 0 Å². The second-order valence-electron chi connectivity index (χ2n) is 5.20. The molecule has 0 radical (unpaired) electrons. The lowest BCUT2D eigenvalue weighted by Gasteiger charge is -2.19. The van der Waals surface area contributed by atoms with Gasteiger partial charge in [-0.2, -0.15) is 14.6 Å². The summed E-state index contributed by atoms with van der Waals surface area (Å²) in [4.78, 5) is 8.58. The van der Waals surface area contributed by atoms with E-state index >= 15 is 0 Å². The minimum Gasteiger partial charge on any atom is -0.378 e. The van der Waals surface area contributed by atoms with Crippen LogP contribution in [0.4, 0.5) is 5.82 Å². The number of methoxy groups -OCH3 is 1. The van der Waals surface area contributed by atoms with Crippen molar-refractivity contribution in [3.05, 3.63) is 52.9 Å². The SMILES string of the molecule is CC[C@H](Nc1cc(COC)nc2ncnn12)c1cccc(Cl)c1. The molecule has 0 bridgehead atoms. The van der Waals surface area contributed by atoms with Crippen LogP contribution in [-0.2, 0) is 11.3 Å². The Balaban J connectivity index is 1.96. The van der Waals surface area contributed by atoms with E-state index in [1.807, 2.05) is 24.3 Å². The maximum Gasteiger partial charge on any atom is 0.254 e. The molecule has 0 saturated heterocycles. The van der Waals surface area contributed by atoms with Crippen LogP contribution >= 0.6 is 11.6 Å². The van der Waals surface area contributed by atoms with Crippen molar-refractivity contribution in [2.45, 2.75) is 26.0 Å². The Morgan fingerprint density at radius 3 is 2.96 bits per heavy atom. The summed E-state index contributed by atoms with van der Waals surface area (Å²) >= 11 is 6.11. The summed E-state index contributed by atoms with van der Waals surface area (Å²) in [5.41, 5.74) is 1.93. The van der Waals surface area contributed by atoms with Crippen molar-refractivity contribution < 1.29 is 4.74 Å². The van der Waals surface area contributed by atoms with Gasteiger partial charge in [0.2, 0.25) is 0 Å². The molecule has 23 heavy (non-hydrogen) atoms. The molecular formula is C16H18ClN5O. The van der Waals surface area contributed by atoms with Crippen molar-refractivity contribution in [2.75, 3.05) is 12.4 Å². The second kappa shape index (κ2) is 6.93. The molecule has 2 aromatic heterocycles. The first-order chi connectivity index (χ1) is 11.2. The molecule has 1 aromatic carbocycles. The number of benzene rings is 1. The van der Waals surface area contributed by atoms with Crippen LogP contribution in [0.2, 0.25) is 5.02 Å². The topological polar surface area (TPSA) is 64.3 Å².